The third kappa shape index (κ3) is 2.49. The van der Waals surface area contributed by atoms with Gasteiger partial charge in [-0.15, -0.1) is 0 Å². The quantitative estimate of drug-likeness (QED) is 0.715. The van der Waals surface area contributed by atoms with Crippen LogP contribution in [0.5, 0.6) is 5.75 Å². The second-order valence-electron chi connectivity index (χ2n) is 4.62. The van der Waals surface area contributed by atoms with Crippen molar-refractivity contribution < 1.29 is 5.11 Å². The molecule has 3 aromatic rings. The lowest BCUT2D eigenvalue weighted by molar-refractivity contribution is 0.469. The highest BCUT2D eigenvalue weighted by atomic mass is 79.9. The van der Waals surface area contributed by atoms with Gasteiger partial charge in [0.25, 0.3) is 0 Å². The molecule has 0 heterocycles. The molecule has 2 nitrogen and oxygen atoms in total. The standard InChI is InChI=1S/C17H14BrNO/c18-15-9-10-16(14-7-3-2-6-13(14)15)19-11-12-5-1-4-8-17(12)20/h1-10,19-20H,11H2. The zero-order valence-electron chi connectivity index (χ0n) is 10.8. The van der Waals surface area contributed by atoms with Crippen molar-refractivity contribution in [3.05, 3.63) is 70.7 Å². The fourth-order valence-electron chi connectivity index (χ4n) is 2.27. The monoisotopic (exact) mass is 327 g/mol. The van der Waals surface area contributed by atoms with Crippen LogP contribution >= 0.6 is 15.9 Å². The highest BCUT2D eigenvalue weighted by Crippen LogP contribution is 2.30. The predicted octanol–water partition coefficient (Wildman–Crippen LogP) is 4.92. The summed E-state index contributed by atoms with van der Waals surface area (Å²) in [6.45, 7) is 0.596. The van der Waals surface area contributed by atoms with Gasteiger partial charge in [0, 0.05) is 27.7 Å². The number of phenols is 1. The Morgan fingerprint density at radius 1 is 0.850 bits per heavy atom. The molecule has 3 rings (SSSR count). The minimum Gasteiger partial charge on any atom is -0.508 e. The Bertz CT molecular complexity index is 755. The van der Waals surface area contributed by atoms with Crippen LogP contribution in [0.1, 0.15) is 5.56 Å². The molecule has 3 aromatic carbocycles. The maximum absolute atomic E-state index is 9.80. The first kappa shape index (κ1) is 13.0. The third-order valence-electron chi connectivity index (χ3n) is 3.33. The smallest absolute Gasteiger partial charge is 0.120 e. The fourth-order valence-corrected chi connectivity index (χ4v) is 2.75. The molecule has 0 aliphatic carbocycles. The summed E-state index contributed by atoms with van der Waals surface area (Å²) in [4.78, 5) is 0. The van der Waals surface area contributed by atoms with E-state index in [1.807, 2.05) is 42.5 Å². The van der Waals surface area contributed by atoms with Gasteiger partial charge in [-0.1, -0.05) is 58.4 Å². The van der Waals surface area contributed by atoms with E-state index in [4.69, 9.17) is 0 Å². The van der Waals surface area contributed by atoms with Crippen molar-refractivity contribution in [2.45, 2.75) is 6.54 Å². The van der Waals surface area contributed by atoms with Crippen LogP contribution in [0, 0.1) is 0 Å². The van der Waals surface area contributed by atoms with Crippen LogP contribution in [0.3, 0.4) is 0 Å². The number of benzene rings is 3. The summed E-state index contributed by atoms with van der Waals surface area (Å²) in [5.74, 6) is 0.321. The molecule has 0 saturated carbocycles. The van der Waals surface area contributed by atoms with Gasteiger partial charge < -0.3 is 10.4 Å². The minimum absolute atomic E-state index is 0.321. The fraction of sp³-hybridized carbons (Fsp3) is 0.0588. The Hall–Kier alpha value is -2.00. The van der Waals surface area contributed by atoms with E-state index in [1.165, 1.54) is 5.39 Å². The van der Waals surface area contributed by atoms with E-state index < -0.39 is 0 Å². The molecule has 100 valence electrons. The average Bonchev–Trinajstić information content (AvgIpc) is 2.48. The molecular formula is C17H14BrNO. The molecule has 0 aliphatic heterocycles. The van der Waals surface area contributed by atoms with E-state index in [0.29, 0.717) is 12.3 Å². The maximum Gasteiger partial charge on any atom is 0.120 e. The predicted molar refractivity (Wildman–Crippen MR) is 87.1 cm³/mol. The number of halogens is 1. The van der Waals surface area contributed by atoms with E-state index in [9.17, 15) is 5.11 Å². The zero-order valence-corrected chi connectivity index (χ0v) is 12.4. The largest absolute Gasteiger partial charge is 0.508 e. The first-order chi connectivity index (χ1) is 9.75. The molecule has 0 atom stereocenters. The number of phenolic OH excluding ortho intramolecular Hbond substituents is 1. The van der Waals surface area contributed by atoms with Crippen LogP contribution in [-0.4, -0.2) is 5.11 Å². The van der Waals surface area contributed by atoms with Crippen LogP contribution in [0.25, 0.3) is 10.8 Å². The van der Waals surface area contributed by atoms with Gasteiger partial charge in [-0.05, 0) is 23.6 Å². The van der Waals surface area contributed by atoms with Crippen molar-refractivity contribution in [2.75, 3.05) is 5.32 Å². The SMILES string of the molecule is Oc1ccccc1CNc1ccc(Br)c2ccccc12. The molecule has 0 amide bonds. The lowest BCUT2D eigenvalue weighted by Crippen LogP contribution is -2.00. The molecule has 0 fully saturated rings. The normalized spacial score (nSPS) is 10.7. The number of para-hydroxylation sites is 1. The van der Waals surface area contributed by atoms with E-state index in [-0.39, 0.29) is 0 Å². The Morgan fingerprint density at radius 2 is 1.55 bits per heavy atom. The van der Waals surface area contributed by atoms with Gasteiger partial charge in [0.05, 0.1) is 0 Å². The molecule has 0 bridgehead atoms. The van der Waals surface area contributed by atoms with Gasteiger partial charge in [-0.25, -0.2) is 0 Å². The summed E-state index contributed by atoms with van der Waals surface area (Å²) in [5.41, 5.74) is 1.95. The topological polar surface area (TPSA) is 32.3 Å². The van der Waals surface area contributed by atoms with Crippen molar-refractivity contribution in [1.82, 2.24) is 0 Å². The van der Waals surface area contributed by atoms with E-state index in [0.717, 1.165) is 21.1 Å². The lowest BCUT2D eigenvalue weighted by atomic mass is 10.1. The van der Waals surface area contributed by atoms with Crippen molar-refractivity contribution in [3.8, 4) is 5.75 Å². The van der Waals surface area contributed by atoms with E-state index >= 15 is 0 Å². The number of hydrogen-bond acceptors (Lipinski definition) is 2. The van der Waals surface area contributed by atoms with Crippen LogP contribution in [0.4, 0.5) is 5.69 Å². The average molecular weight is 328 g/mol. The van der Waals surface area contributed by atoms with Crippen LogP contribution in [0.15, 0.2) is 65.1 Å². The third-order valence-corrected chi connectivity index (χ3v) is 4.02. The summed E-state index contributed by atoms with van der Waals surface area (Å²) in [6.07, 6.45) is 0. The van der Waals surface area contributed by atoms with Gasteiger partial charge in [0.1, 0.15) is 5.75 Å². The van der Waals surface area contributed by atoms with Crippen molar-refractivity contribution in [1.29, 1.82) is 0 Å². The molecular weight excluding hydrogens is 314 g/mol. The van der Waals surface area contributed by atoms with Gasteiger partial charge in [-0.2, -0.15) is 0 Å². The Balaban J connectivity index is 1.92. The Labute approximate surface area is 126 Å². The number of hydrogen-bond donors (Lipinski definition) is 2. The summed E-state index contributed by atoms with van der Waals surface area (Å²) < 4.78 is 1.08. The second kappa shape index (κ2) is 5.55. The molecule has 0 unspecified atom stereocenters. The zero-order chi connectivity index (χ0) is 13.9. The number of aromatic hydroxyl groups is 1. The summed E-state index contributed by atoms with van der Waals surface area (Å²) in [5, 5.41) is 15.5. The van der Waals surface area contributed by atoms with Crippen LogP contribution < -0.4 is 5.32 Å². The molecule has 20 heavy (non-hydrogen) atoms. The number of anilines is 1. The Morgan fingerprint density at radius 3 is 2.35 bits per heavy atom. The Kier molecular flexibility index (Phi) is 3.61. The lowest BCUT2D eigenvalue weighted by Gasteiger charge is -2.11. The summed E-state index contributed by atoms with van der Waals surface area (Å²) >= 11 is 3.57. The first-order valence-corrected chi connectivity index (χ1v) is 7.23. The van der Waals surface area contributed by atoms with Gasteiger partial charge in [0.2, 0.25) is 0 Å². The first-order valence-electron chi connectivity index (χ1n) is 6.44. The highest BCUT2D eigenvalue weighted by molar-refractivity contribution is 9.10. The summed E-state index contributed by atoms with van der Waals surface area (Å²) in [6, 6.07) is 19.7. The van der Waals surface area contributed by atoms with Gasteiger partial charge in [0.15, 0.2) is 0 Å². The van der Waals surface area contributed by atoms with E-state index in [2.05, 4.69) is 33.4 Å². The van der Waals surface area contributed by atoms with Crippen molar-refractivity contribution in [2.24, 2.45) is 0 Å². The van der Waals surface area contributed by atoms with Crippen molar-refractivity contribution in [3.63, 3.8) is 0 Å². The second-order valence-corrected chi connectivity index (χ2v) is 5.48. The number of nitrogens with one attached hydrogen (secondary N) is 1. The minimum atomic E-state index is 0.321. The molecule has 0 spiro atoms. The van der Waals surface area contributed by atoms with E-state index in [1.54, 1.807) is 6.07 Å². The maximum atomic E-state index is 9.80. The number of rotatable bonds is 3. The molecule has 0 aromatic heterocycles. The highest BCUT2D eigenvalue weighted by Gasteiger charge is 2.05. The van der Waals surface area contributed by atoms with Gasteiger partial charge in [-0.3, -0.25) is 0 Å². The van der Waals surface area contributed by atoms with Crippen molar-refractivity contribution >= 4 is 32.4 Å². The summed E-state index contributed by atoms with van der Waals surface area (Å²) in [7, 11) is 0. The number of fused-ring (bicyclic) bond motifs is 1. The molecule has 3 heteroatoms. The van der Waals surface area contributed by atoms with Gasteiger partial charge >= 0.3 is 0 Å². The molecule has 0 saturated heterocycles. The molecule has 0 aliphatic rings. The molecule has 2 N–H and O–H groups in total. The van der Waals surface area contributed by atoms with Crippen LogP contribution in [0.2, 0.25) is 0 Å². The van der Waals surface area contributed by atoms with Crippen LogP contribution in [-0.2, 0) is 6.54 Å². The molecule has 0 radical (unpaired) electrons.